The number of likely N-dealkylation sites (tertiary alicyclic amines) is 1. The number of nitrogens with one attached hydrogen (secondary N) is 4. The van der Waals surface area contributed by atoms with Gasteiger partial charge in [0.2, 0.25) is 11.8 Å². The molecule has 1 spiro atoms. The van der Waals surface area contributed by atoms with Crippen LogP contribution in [-0.4, -0.2) is 69.6 Å². The molecule has 0 radical (unpaired) electrons. The van der Waals surface area contributed by atoms with Gasteiger partial charge in [0.05, 0.1) is 5.54 Å². The van der Waals surface area contributed by atoms with E-state index in [1.54, 1.807) is 29.2 Å². The SMILES string of the molecule is N=C(NC(=O)CCC(=O)N1CCC2(CC1)CN/C(=N\C(=O)c1nc(Cl)c(N)nc1N)N2)c1ccc(Cl)cc1. The molecule has 0 unspecified atom stereocenters. The van der Waals surface area contributed by atoms with E-state index in [2.05, 4.69) is 30.9 Å². The van der Waals surface area contributed by atoms with Crippen LogP contribution in [0.4, 0.5) is 11.6 Å². The zero-order valence-corrected chi connectivity index (χ0v) is 21.7. The average Bonchev–Trinajstić information content (AvgIpc) is 3.26. The summed E-state index contributed by atoms with van der Waals surface area (Å²) in [5.74, 6) is -1.31. The highest BCUT2D eigenvalue weighted by Crippen LogP contribution is 2.25. The number of piperidine rings is 1. The lowest BCUT2D eigenvalue weighted by atomic mass is 9.88. The van der Waals surface area contributed by atoms with Gasteiger partial charge in [0.15, 0.2) is 28.4 Å². The van der Waals surface area contributed by atoms with Crippen molar-refractivity contribution in [3.63, 3.8) is 0 Å². The first-order valence-electron chi connectivity index (χ1n) is 11.7. The van der Waals surface area contributed by atoms with E-state index in [0.717, 1.165) is 0 Å². The highest BCUT2D eigenvalue weighted by molar-refractivity contribution is 6.32. The molecule has 0 bridgehead atoms. The molecule has 200 valence electrons. The first-order valence-corrected chi connectivity index (χ1v) is 12.5. The second-order valence-electron chi connectivity index (χ2n) is 8.97. The lowest BCUT2D eigenvalue weighted by Crippen LogP contribution is -2.53. The van der Waals surface area contributed by atoms with Gasteiger partial charge in [0.25, 0.3) is 0 Å². The normalized spacial score (nSPS) is 17.1. The molecule has 0 aliphatic carbocycles. The lowest BCUT2D eigenvalue weighted by Gasteiger charge is -2.38. The molecule has 2 saturated heterocycles. The van der Waals surface area contributed by atoms with Crippen LogP contribution in [0, 0.1) is 5.41 Å². The summed E-state index contributed by atoms with van der Waals surface area (Å²) in [6, 6.07) is 6.53. The third kappa shape index (κ3) is 6.29. The summed E-state index contributed by atoms with van der Waals surface area (Å²) >= 11 is 11.7. The summed E-state index contributed by atoms with van der Waals surface area (Å²) in [6.07, 6.45) is 1.23. The Labute approximate surface area is 227 Å². The van der Waals surface area contributed by atoms with Crippen molar-refractivity contribution in [1.29, 1.82) is 5.41 Å². The molecule has 15 heteroatoms. The minimum atomic E-state index is -0.723. The summed E-state index contributed by atoms with van der Waals surface area (Å²) < 4.78 is 0. The number of carbonyl (C=O) groups is 3. The second-order valence-corrected chi connectivity index (χ2v) is 9.76. The molecule has 4 rings (SSSR count). The van der Waals surface area contributed by atoms with Gasteiger partial charge in [-0.1, -0.05) is 23.2 Å². The van der Waals surface area contributed by atoms with E-state index in [4.69, 9.17) is 40.1 Å². The number of guanidine groups is 1. The van der Waals surface area contributed by atoms with Crippen LogP contribution in [0.25, 0.3) is 0 Å². The van der Waals surface area contributed by atoms with Crippen molar-refractivity contribution < 1.29 is 14.4 Å². The van der Waals surface area contributed by atoms with Gasteiger partial charge in [-0.25, -0.2) is 9.97 Å². The predicted octanol–water partition coefficient (Wildman–Crippen LogP) is 0.920. The minimum absolute atomic E-state index is 0.0314. The van der Waals surface area contributed by atoms with Crippen LogP contribution < -0.4 is 27.4 Å². The fourth-order valence-electron chi connectivity index (χ4n) is 4.17. The van der Waals surface area contributed by atoms with E-state index in [0.29, 0.717) is 43.1 Å². The highest BCUT2D eigenvalue weighted by Gasteiger charge is 2.40. The number of hydrogen-bond donors (Lipinski definition) is 6. The number of aromatic nitrogens is 2. The Balaban J connectivity index is 1.24. The molecule has 3 heterocycles. The Morgan fingerprint density at radius 3 is 2.45 bits per heavy atom. The molecule has 2 aliphatic heterocycles. The number of hydrogen-bond acceptors (Lipinski definition) is 8. The maximum Gasteiger partial charge on any atom is 0.302 e. The van der Waals surface area contributed by atoms with Crippen molar-refractivity contribution in [2.75, 3.05) is 31.1 Å². The molecule has 0 atom stereocenters. The van der Waals surface area contributed by atoms with Crippen LogP contribution in [-0.2, 0) is 9.59 Å². The van der Waals surface area contributed by atoms with Crippen LogP contribution >= 0.6 is 23.2 Å². The maximum atomic E-state index is 12.7. The smallest absolute Gasteiger partial charge is 0.302 e. The van der Waals surface area contributed by atoms with Crippen molar-refractivity contribution in [2.45, 2.75) is 31.2 Å². The molecule has 2 aromatic rings. The van der Waals surface area contributed by atoms with Crippen molar-refractivity contribution in [1.82, 2.24) is 30.8 Å². The van der Waals surface area contributed by atoms with E-state index in [1.165, 1.54) is 0 Å². The number of rotatable bonds is 5. The number of halogens is 2. The summed E-state index contributed by atoms with van der Waals surface area (Å²) in [4.78, 5) is 50.8. The Morgan fingerprint density at radius 1 is 1.08 bits per heavy atom. The van der Waals surface area contributed by atoms with Crippen LogP contribution in [0.5, 0.6) is 0 Å². The molecule has 8 N–H and O–H groups in total. The fraction of sp³-hybridized carbons (Fsp3) is 0.348. The highest BCUT2D eigenvalue weighted by atomic mass is 35.5. The molecule has 13 nitrogen and oxygen atoms in total. The van der Waals surface area contributed by atoms with E-state index in [9.17, 15) is 14.4 Å². The number of amides is 3. The fourth-order valence-corrected chi connectivity index (χ4v) is 4.42. The number of amidine groups is 1. The maximum absolute atomic E-state index is 12.7. The molecule has 1 aromatic carbocycles. The summed E-state index contributed by atoms with van der Waals surface area (Å²) in [6.45, 7) is 1.46. The van der Waals surface area contributed by atoms with Crippen LogP contribution in [0.3, 0.4) is 0 Å². The summed E-state index contributed by atoms with van der Waals surface area (Å²) in [5, 5.41) is 17.2. The predicted molar refractivity (Wildman–Crippen MR) is 143 cm³/mol. The van der Waals surface area contributed by atoms with Gasteiger partial charge in [0, 0.05) is 43.1 Å². The van der Waals surface area contributed by atoms with Crippen molar-refractivity contribution in [2.24, 2.45) is 4.99 Å². The molecule has 1 aromatic heterocycles. The number of nitrogens with zero attached hydrogens (tertiary/aromatic N) is 4. The molecule has 0 saturated carbocycles. The first-order chi connectivity index (χ1) is 18.0. The Bertz CT molecular complexity index is 1310. The average molecular weight is 561 g/mol. The van der Waals surface area contributed by atoms with Gasteiger partial charge in [-0.15, -0.1) is 0 Å². The molecule has 3 amide bonds. The quantitative estimate of drug-likeness (QED) is 0.226. The van der Waals surface area contributed by atoms with Gasteiger partial charge in [-0.3, -0.25) is 19.8 Å². The van der Waals surface area contributed by atoms with Crippen molar-refractivity contribution in [3.05, 3.63) is 45.7 Å². The van der Waals surface area contributed by atoms with Crippen LogP contribution in [0.2, 0.25) is 10.2 Å². The van der Waals surface area contributed by atoms with E-state index in [1.807, 2.05) is 0 Å². The topological polar surface area (TPSA) is 205 Å². The molecular weight excluding hydrogens is 535 g/mol. The summed E-state index contributed by atoms with van der Waals surface area (Å²) in [7, 11) is 0. The van der Waals surface area contributed by atoms with Crippen LogP contribution in [0.15, 0.2) is 29.3 Å². The third-order valence-electron chi connectivity index (χ3n) is 6.34. The second kappa shape index (κ2) is 11.2. The van der Waals surface area contributed by atoms with E-state index >= 15 is 0 Å². The lowest BCUT2D eigenvalue weighted by molar-refractivity contribution is -0.134. The van der Waals surface area contributed by atoms with Gasteiger partial charge >= 0.3 is 5.91 Å². The van der Waals surface area contributed by atoms with Gasteiger partial charge < -0.3 is 32.3 Å². The van der Waals surface area contributed by atoms with Crippen molar-refractivity contribution >= 4 is 64.4 Å². The zero-order chi connectivity index (χ0) is 27.4. The molecular formula is C23H26Cl2N10O3. The Kier molecular flexibility index (Phi) is 7.97. The van der Waals surface area contributed by atoms with Crippen molar-refractivity contribution in [3.8, 4) is 0 Å². The van der Waals surface area contributed by atoms with E-state index < -0.39 is 11.8 Å². The number of nitrogen functional groups attached to an aromatic ring is 2. The number of anilines is 2. The van der Waals surface area contributed by atoms with Gasteiger partial charge in [-0.05, 0) is 37.1 Å². The Morgan fingerprint density at radius 2 is 1.76 bits per heavy atom. The molecule has 2 aliphatic rings. The summed E-state index contributed by atoms with van der Waals surface area (Å²) in [5.41, 5.74) is 11.2. The number of nitrogens with two attached hydrogens (primary N) is 2. The monoisotopic (exact) mass is 560 g/mol. The van der Waals surface area contributed by atoms with Gasteiger partial charge in [0.1, 0.15) is 5.84 Å². The number of benzene rings is 1. The Hall–Kier alpha value is -3.97. The molecule has 2 fully saturated rings. The largest absolute Gasteiger partial charge is 0.382 e. The number of carbonyl (C=O) groups excluding carboxylic acids is 3. The zero-order valence-electron chi connectivity index (χ0n) is 20.2. The van der Waals surface area contributed by atoms with Gasteiger partial charge in [-0.2, -0.15) is 4.99 Å². The first kappa shape index (κ1) is 27.1. The minimum Gasteiger partial charge on any atom is -0.382 e. The van der Waals surface area contributed by atoms with E-state index in [-0.39, 0.29) is 58.6 Å². The third-order valence-corrected chi connectivity index (χ3v) is 6.87. The number of aliphatic imine (C=N–C) groups is 1. The van der Waals surface area contributed by atoms with Crippen LogP contribution in [0.1, 0.15) is 41.7 Å². The standard InChI is InChI=1S/C23H26Cl2N10O3/c24-13-3-1-12(2-4-13)18(26)30-14(36)5-6-15(37)35-9-7-23(8-10-35)11-29-22(34-23)33-21(38)16-19(27)32-20(28)17(25)31-16/h1-4H,5-11H2,(H2,26,30,36)(H4,27,28,32)(H2,29,33,34,38). The molecule has 38 heavy (non-hydrogen) atoms.